The van der Waals surface area contributed by atoms with Gasteiger partial charge in [-0.15, -0.1) is 0 Å². The summed E-state index contributed by atoms with van der Waals surface area (Å²) in [6.45, 7) is 1.92. The van der Waals surface area contributed by atoms with E-state index >= 15 is 0 Å². The molecule has 0 fully saturated rings. The van der Waals surface area contributed by atoms with Crippen LogP contribution in [0.25, 0.3) is 10.9 Å². The van der Waals surface area contributed by atoms with E-state index in [4.69, 9.17) is 16.3 Å². The van der Waals surface area contributed by atoms with Gasteiger partial charge >= 0.3 is 0 Å². The lowest BCUT2D eigenvalue weighted by atomic mass is 10.2. The van der Waals surface area contributed by atoms with Gasteiger partial charge in [-0.25, -0.2) is 0 Å². The fourth-order valence-electron chi connectivity index (χ4n) is 2.45. The number of nitrogens with zero attached hydrogens (tertiary/aromatic N) is 1. The smallest absolute Gasteiger partial charge is 0.262 e. The molecule has 0 radical (unpaired) electrons. The van der Waals surface area contributed by atoms with E-state index in [1.165, 1.54) is 0 Å². The van der Waals surface area contributed by atoms with E-state index in [-0.39, 0.29) is 5.91 Å². The molecule has 0 amide bonds. The molecule has 1 heterocycles. The minimum Gasteiger partial charge on any atom is -0.497 e. The molecule has 4 heteroatoms. The van der Waals surface area contributed by atoms with Gasteiger partial charge < -0.3 is 4.74 Å². The normalized spacial score (nSPS) is 10.8. The molecule has 1 aromatic heterocycles. The van der Waals surface area contributed by atoms with Crippen molar-refractivity contribution < 1.29 is 9.53 Å². The molecule has 0 spiro atoms. The largest absolute Gasteiger partial charge is 0.497 e. The Hall–Kier alpha value is -2.26. The lowest BCUT2D eigenvalue weighted by molar-refractivity contribution is 0.0963. The Morgan fingerprint density at radius 1 is 1.10 bits per heavy atom. The van der Waals surface area contributed by atoms with Crippen LogP contribution in [0.15, 0.2) is 48.5 Å². The second kappa shape index (κ2) is 5.26. The van der Waals surface area contributed by atoms with Gasteiger partial charge in [0.1, 0.15) is 5.75 Å². The highest BCUT2D eigenvalue weighted by Crippen LogP contribution is 2.25. The predicted molar refractivity (Wildman–Crippen MR) is 84.4 cm³/mol. The van der Waals surface area contributed by atoms with Gasteiger partial charge in [-0.1, -0.05) is 11.6 Å². The first kappa shape index (κ1) is 13.7. The Morgan fingerprint density at radius 3 is 2.48 bits per heavy atom. The Bertz CT molecular complexity index is 819. The SMILES string of the molecule is COc1ccc2c(c1)cc(C)n2C(=O)c1ccc(Cl)cc1. The fourth-order valence-corrected chi connectivity index (χ4v) is 2.58. The van der Waals surface area contributed by atoms with E-state index in [1.807, 2.05) is 31.2 Å². The number of methoxy groups -OCH3 is 1. The Balaban J connectivity index is 2.13. The van der Waals surface area contributed by atoms with Crippen LogP contribution in [-0.4, -0.2) is 17.6 Å². The van der Waals surface area contributed by atoms with E-state index in [0.29, 0.717) is 10.6 Å². The molecule has 0 aliphatic carbocycles. The van der Waals surface area contributed by atoms with Crippen LogP contribution in [0.5, 0.6) is 5.75 Å². The van der Waals surface area contributed by atoms with Crippen LogP contribution >= 0.6 is 11.6 Å². The Labute approximate surface area is 127 Å². The number of hydrogen-bond acceptors (Lipinski definition) is 2. The zero-order chi connectivity index (χ0) is 15.0. The average molecular weight is 300 g/mol. The molecule has 0 saturated heterocycles. The molecule has 3 nitrogen and oxygen atoms in total. The molecule has 0 bridgehead atoms. The number of benzene rings is 2. The van der Waals surface area contributed by atoms with Crippen molar-refractivity contribution >= 4 is 28.4 Å². The van der Waals surface area contributed by atoms with E-state index in [1.54, 1.807) is 35.9 Å². The van der Waals surface area contributed by atoms with Gasteiger partial charge in [0.25, 0.3) is 5.91 Å². The van der Waals surface area contributed by atoms with Gasteiger partial charge in [-0.2, -0.15) is 0 Å². The minimum atomic E-state index is -0.0654. The van der Waals surface area contributed by atoms with Crippen molar-refractivity contribution in [3.8, 4) is 5.75 Å². The molecule has 0 aliphatic rings. The predicted octanol–water partition coefficient (Wildman–Crippen LogP) is 4.30. The number of aryl methyl sites for hydroxylation is 1. The first-order valence-electron chi connectivity index (χ1n) is 6.56. The highest BCUT2D eigenvalue weighted by atomic mass is 35.5. The molecule has 3 aromatic rings. The van der Waals surface area contributed by atoms with Crippen LogP contribution in [0.2, 0.25) is 5.02 Å². The van der Waals surface area contributed by atoms with Crippen LogP contribution in [0.3, 0.4) is 0 Å². The van der Waals surface area contributed by atoms with Crippen LogP contribution in [0, 0.1) is 6.92 Å². The summed E-state index contributed by atoms with van der Waals surface area (Å²) in [4.78, 5) is 12.7. The number of halogens is 1. The Morgan fingerprint density at radius 2 is 1.81 bits per heavy atom. The summed E-state index contributed by atoms with van der Waals surface area (Å²) in [5, 5.41) is 1.60. The lowest BCUT2D eigenvalue weighted by Gasteiger charge is -2.07. The molecule has 106 valence electrons. The second-order valence-electron chi connectivity index (χ2n) is 4.86. The number of hydrogen-bond donors (Lipinski definition) is 0. The molecule has 21 heavy (non-hydrogen) atoms. The van der Waals surface area contributed by atoms with Crippen molar-refractivity contribution in [2.75, 3.05) is 7.11 Å². The van der Waals surface area contributed by atoms with Crippen molar-refractivity contribution in [1.29, 1.82) is 0 Å². The number of aromatic nitrogens is 1. The third kappa shape index (κ3) is 2.41. The molecule has 0 unspecified atom stereocenters. The van der Waals surface area contributed by atoms with Gasteiger partial charge in [0.15, 0.2) is 0 Å². The maximum absolute atomic E-state index is 12.7. The van der Waals surface area contributed by atoms with Crippen molar-refractivity contribution in [2.45, 2.75) is 6.92 Å². The first-order valence-corrected chi connectivity index (χ1v) is 6.94. The topological polar surface area (TPSA) is 31.2 Å². The molecular formula is C17H14ClNO2. The van der Waals surface area contributed by atoms with Crippen LogP contribution in [-0.2, 0) is 0 Å². The Kier molecular flexibility index (Phi) is 3.43. The molecule has 3 rings (SSSR count). The number of ether oxygens (including phenoxy) is 1. The molecule has 0 aliphatic heterocycles. The highest BCUT2D eigenvalue weighted by molar-refractivity contribution is 6.30. The monoisotopic (exact) mass is 299 g/mol. The lowest BCUT2D eigenvalue weighted by Crippen LogP contribution is -2.13. The molecule has 0 N–H and O–H groups in total. The zero-order valence-electron chi connectivity index (χ0n) is 11.8. The molecule has 0 atom stereocenters. The summed E-state index contributed by atoms with van der Waals surface area (Å²) >= 11 is 5.87. The maximum atomic E-state index is 12.7. The fraction of sp³-hybridized carbons (Fsp3) is 0.118. The van der Waals surface area contributed by atoms with Gasteiger partial charge in [0.05, 0.1) is 12.6 Å². The summed E-state index contributed by atoms with van der Waals surface area (Å²) in [6.07, 6.45) is 0. The quantitative estimate of drug-likeness (QED) is 0.706. The van der Waals surface area contributed by atoms with Gasteiger partial charge in [-0.3, -0.25) is 9.36 Å². The third-order valence-corrected chi connectivity index (χ3v) is 3.74. The summed E-state index contributed by atoms with van der Waals surface area (Å²) in [5.74, 6) is 0.711. The van der Waals surface area contributed by atoms with Crippen molar-refractivity contribution in [3.63, 3.8) is 0 Å². The molecular weight excluding hydrogens is 286 g/mol. The van der Waals surface area contributed by atoms with Crippen LogP contribution < -0.4 is 4.74 Å². The summed E-state index contributed by atoms with van der Waals surface area (Å²) in [6, 6.07) is 14.6. The number of fused-ring (bicyclic) bond motifs is 1. The summed E-state index contributed by atoms with van der Waals surface area (Å²) < 4.78 is 6.93. The summed E-state index contributed by atoms with van der Waals surface area (Å²) in [5.41, 5.74) is 2.36. The van der Waals surface area contributed by atoms with Gasteiger partial charge in [0, 0.05) is 21.7 Å². The number of carbonyl (C=O) groups excluding carboxylic acids is 1. The number of carbonyl (C=O) groups is 1. The molecule has 2 aromatic carbocycles. The zero-order valence-corrected chi connectivity index (χ0v) is 12.5. The van der Waals surface area contributed by atoms with Gasteiger partial charge in [0.2, 0.25) is 0 Å². The second-order valence-corrected chi connectivity index (χ2v) is 5.29. The summed E-state index contributed by atoms with van der Waals surface area (Å²) in [7, 11) is 1.63. The van der Waals surface area contributed by atoms with Crippen molar-refractivity contribution in [1.82, 2.24) is 4.57 Å². The average Bonchev–Trinajstić information content (AvgIpc) is 2.82. The van der Waals surface area contributed by atoms with Crippen molar-refractivity contribution in [2.24, 2.45) is 0 Å². The van der Waals surface area contributed by atoms with Gasteiger partial charge in [-0.05, 0) is 55.5 Å². The van der Waals surface area contributed by atoms with Crippen molar-refractivity contribution in [3.05, 3.63) is 64.8 Å². The van der Waals surface area contributed by atoms with E-state index in [2.05, 4.69) is 0 Å². The van der Waals surface area contributed by atoms with Crippen LogP contribution in [0.1, 0.15) is 16.1 Å². The highest BCUT2D eigenvalue weighted by Gasteiger charge is 2.15. The molecule has 0 saturated carbocycles. The number of rotatable bonds is 2. The van der Waals surface area contributed by atoms with E-state index in [9.17, 15) is 4.79 Å². The van der Waals surface area contributed by atoms with E-state index in [0.717, 1.165) is 22.3 Å². The maximum Gasteiger partial charge on any atom is 0.262 e. The van der Waals surface area contributed by atoms with E-state index < -0.39 is 0 Å². The third-order valence-electron chi connectivity index (χ3n) is 3.49. The minimum absolute atomic E-state index is 0.0654. The van der Waals surface area contributed by atoms with Crippen LogP contribution in [0.4, 0.5) is 0 Å². The first-order chi connectivity index (χ1) is 10.1. The standard InChI is InChI=1S/C17H14ClNO2/c1-11-9-13-10-15(21-2)7-8-16(13)19(11)17(20)12-3-5-14(18)6-4-12/h3-10H,1-2H3.